The van der Waals surface area contributed by atoms with Gasteiger partial charge in [-0.05, 0) is 40.8 Å². The summed E-state index contributed by atoms with van der Waals surface area (Å²) in [5.41, 5.74) is 6.59. The molecule has 7 nitrogen and oxygen atoms in total. The Morgan fingerprint density at radius 2 is 1.78 bits per heavy atom. The number of aromatic nitrogens is 3. The fourth-order valence-electron chi connectivity index (χ4n) is 3.54. The molecule has 0 spiro atoms. The highest BCUT2D eigenvalue weighted by molar-refractivity contribution is 7.99. The number of hydrogen-bond acceptors (Lipinski definition) is 6. The van der Waals surface area contributed by atoms with Crippen molar-refractivity contribution in [2.75, 3.05) is 12.9 Å². The summed E-state index contributed by atoms with van der Waals surface area (Å²) < 4.78 is 7.18. The van der Waals surface area contributed by atoms with Gasteiger partial charge in [0.25, 0.3) is 5.91 Å². The van der Waals surface area contributed by atoms with Crippen molar-refractivity contribution >= 4 is 23.9 Å². The van der Waals surface area contributed by atoms with Crippen molar-refractivity contribution in [2.24, 2.45) is 5.10 Å². The monoisotopic (exact) mass is 499 g/mol. The Kier molecular flexibility index (Phi) is 7.85. The van der Waals surface area contributed by atoms with Crippen LogP contribution in [0, 0.1) is 0 Å². The van der Waals surface area contributed by atoms with Crippen LogP contribution in [-0.4, -0.2) is 39.7 Å². The zero-order valence-electron chi connectivity index (χ0n) is 20.8. The Labute approximate surface area is 215 Å². The molecule has 0 aliphatic rings. The van der Waals surface area contributed by atoms with Gasteiger partial charge in [-0.3, -0.25) is 9.36 Å². The lowest BCUT2D eigenvalue weighted by atomic mass is 9.87. The van der Waals surface area contributed by atoms with Gasteiger partial charge in [-0.25, -0.2) is 5.43 Å². The number of thioether (sulfide) groups is 1. The molecule has 0 aliphatic heterocycles. The van der Waals surface area contributed by atoms with Crippen molar-refractivity contribution < 1.29 is 9.53 Å². The van der Waals surface area contributed by atoms with E-state index in [9.17, 15) is 4.79 Å². The maximum absolute atomic E-state index is 12.5. The summed E-state index contributed by atoms with van der Waals surface area (Å²) in [7, 11) is 1.61. The zero-order valence-corrected chi connectivity index (χ0v) is 21.6. The van der Waals surface area contributed by atoms with Gasteiger partial charge in [-0.15, -0.1) is 10.2 Å². The Hall–Kier alpha value is -3.91. The average Bonchev–Trinajstić information content (AvgIpc) is 3.32. The average molecular weight is 500 g/mol. The third kappa shape index (κ3) is 6.20. The Balaban J connectivity index is 1.50. The molecule has 0 saturated carbocycles. The molecule has 184 valence electrons. The summed E-state index contributed by atoms with van der Waals surface area (Å²) in [4.78, 5) is 12.5. The molecule has 0 atom stereocenters. The summed E-state index contributed by atoms with van der Waals surface area (Å²) >= 11 is 1.31. The largest absolute Gasteiger partial charge is 0.497 e. The number of rotatable bonds is 8. The quantitative estimate of drug-likeness (QED) is 0.197. The van der Waals surface area contributed by atoms with Crippen LogP contribution in [0.5, 0.6) is 5.75 Å². The SMILES string of the molecule is COc1cccc(/C=N\NC(=O)CSc2nnc(-c3ccc(C(C)(C)C)cc3)n2-c2ccccc2)c1. The Morgan fingerprint density at radius 3 is 2.47 bits per heavy atom. The van der Waals surface area contributed by atoms with E-state index in [0.29, 0.717) is 5.16 Å². The van der Waals surface area contributed by atoms with E-state index in [1.54, 1.807) is 13.3 Å². The number of carbonyl (C=O) groups excluding carboxylic acids is 1. The van der Waals surface area contributed by atoms with E-state index >= 15 is 0 Å². The van der Waals surface area contributed by atoms with Gasteiger partial charge in [0.05, 0.1) is 19.1 Å². The predicted molar refractivity (Wildman–Crippen MR) is 145 cm³/mol. The van der Waals surface area contributed by atoms with E-state index in [1.807, 2.05) is 59.2 Å². The molecule has 0 bridgehead atoms. The van der Waals surface area contributed by atoms with Gasteiger partial charge in [0.15, 0.2) is 11.0 Å². The highest BCUT2D eigenvalue weighted by Crippen LogP contribution is 2.30. The predicted octanol–water partition coefficient (Wildman–Crippen LogP) is 5.48. The molecule has 0 unspecified atom stereocenters. The first-order valence-corrected chi connectivity index (χ1v) is 12.5. The molecule has 3 aromatic carbocycles. The first-order valence-electron chi connectivity index (χ1n) is 11.6. The number of amides is 1. The molecule has 1 aromatic heterocycles. The Bertz CT molecular complexity index is 1340. The zero-order chi connectivity index (χ0) is 25.5. The van der Waals surface area contributed by atoms with Crippen LogP contribution in [0.2, 0.25) is 0 Å². The second-order valence-electron chi connectivity index (χ2n) is 9.16. The fraction of sp³-hybridized carbons (Fsp3) is 0.214. The highest BCUT2D eigenvalue weighted by Gasteiger charge is 2.19. The summed E-state index contributed by atoms with van der Waals surface area (Å²) in [6.07, 6.45) is 1.58. The molecule has 4 rings (SSSR count). The van der Waals surface area contributed by atoms with E-state index in [2.05, 4.69) is 65.8 Å². The van der Waals surface area contributed by atoms with Crippen LogP contribution in [0.15, 0.2) is 89.1 Å². The van der Waals surface area contributed by atoms with Crippen molar-refractivity contribution in [1.82, 2.24) is 20.2 Å². The smallest absolute Gasteiger partial charge is 0.250 e. The second kappa shape index (κ2) is 11.2. The lowest BCUT2D eigenvalue weighted by Gasteiger charge is -2.19. The van der Waals surface area contributed by atoms with E-state index in [1.165, 1.54) is 17.3 Å². The molecule has 0 aliphatic carbocycles. The number of hydrogen-bond donors (Lipinski definition) is 1. The second-order valence-corrected chi connectivity index (χ2v) is 10.1. The summed E-state index contributed by atoms with van der Waals surface area (Å²) in [5, 5.41) is 13.6. The normalized spacial score (nSPS) is 11.6. The van der Waals surface area contributed by atoms with E-state index in [-0.39, 0.29) is 17.1 Å². The maximum Gasteiger partial charge on any atom is 0.250 e. The summed E-state index contributed by atoms with van der Waals surface area (Å²) in [6, 6.07) is 25.7. The van der Waals surface area contributed by atoms with Crippen LogP contribution >= 0.6 is 11.8 Å². The minimum absolute atomic E-state index is 0.0646. The summed E-state index contributed by atoms with van der Waals surface area (Å²) in [5.74, 6) is 1.35. The number of hydrazone groups is 1. The standard InChI is InChI=1S/C28H29N5O2S/c1-28(2,3)22-15-13-21(14-16-22)26-31-32-27(33(26)23-10-6-5-7-11-23)36-19-25(34)30-29-18-20-9-8-12-24(17-20)35-4/h5-18H,19H2,1-4H3,(H,30,34)/b29-18-. The van der Waals surface area contributed by atoms with Crippen LogP contribution < -0.4 is 10.2 Å². The van der Waals surface area contributed by atoms with Gasteiger partial charge in [-0.2, -0.15) is 5.10 Å². The van der Waals surface area contributed by atoms with Gasteiger partial charge < -0.3 is 4.74 Å². The van der Waals surface area contributed by atoms with Gasteiger partial charge in [0.2, 0.25) is 0 Å². The Morgan fingerprint density at radius 1 is 1.03 bits per heavy atom. The lowest BCUT2D eigenvalue weighted by molar-refractivity contribution is -0.118. The third-order valence-electron chi connectivity index (χ3n) is 5.49. The molecule has 36 heavy (non-hydrogen) atoms. The first kappa shape index (κ1) is 25.2. The van der Waals surface area contributed by atoms with E-state index in [0.717, 1.165) is 28.4 Å². The van der Waals surface area contributed by atoms with Crippen LogP contribution in [0.3, 0.4) is 0 Å². The highest BCUT2D eigenvalue weighted by atomic mass is 32.2. The van der Waals surface area contributed by atoms with Gasteiger partial charge in [0, 0.05) is 11.3 Å². The molecular formula is C28H29N5O2S. The minimum Gasteiger partial charge on any atom is -0.497 e. The number of carbonyl (C=O) groups is 1. The number of methoxy groups -OCH3 is 1. The van der Waals surface area contributed by atoms with Crippen LogP contribution in [0.4, 0.5) is 0 Å². The maximum atomic E-state index is 12.5. The number of benzene rings is 3. The molecular weight excluding hydrogens is 470 g/mol. The molecule has 0 saturated heterocycles. The lowest BCUT2D eigenvalue weighted by Crippen LogP contribution is -2.20. The third-order valence-corrected chi connectivity index (χ3v) is 6.41. The molecule has 1 N–H and O–H groups in total. The first-order chi connectivity index (χ1) is 17.3. The number of nitrogens with zero attached hydrogens (tertiary/aromatic N) is 4. The molecule has 0 fully saturated rings. The minimum atomic E-state index is -0.238. The van der Waals surface area contributed by atoms with Crippen LogP contribution in [-0.2, 0) is 10.2 Å². The van der Waals surface area contributed by atoms with Crippen molar-refractivity contribution in [3.8, 4) is 22.8 Å². The molecule has 4 aromatic rings. The van der Waals surface area contributed by atoms with Crippen molar-refractivity contribution in [1.29, 1.82) is 0 Å². The summed E-state index contributed by atoms with van der Waals surface area (Å²) in [6.45, 7) is 6.57. The number of para-hydroxylation sites is 1. The fourth-order valence-corrected chi connectivity index (χ4v) is 4.29. The van der Waals surface area contributed by atoms with Gasteiger partial charge in [-0.1, -0.05) is 87.1 Å². The van der Waals surface area contributed by atoms with E-state index < -0.39 is 0 Å². The van der Waals surface area contributed by atoms with Crippen LogP contribution in [0.25, 0.3) is 17.1 Å². The van der Waals surface area contributed by atoms with Crippen molar-refractivity contribution in [3.63, 3.8) is 0 Å². The van der Waals surface area contributed by atoms with Crippen molar-refractivity contribution in [3.05, 3.63) is 90.0 Å². The number of nitrogens with one attached hydrogen (secondary N) is 1. The molecule has 8 heteroatoms. The molecule has 0 radical (unpaired) electrons. The van der Waals surface area contributed by atoms with Crippen molar-refractivity contribution in [2.45, 2.75) is 31.3 Å². The van der Waals surface area contributed by atoms with Gasteiger partial charge in [0.1, 0.15) is 5.75 Å². The topological polar surface area (TPSA) is 81.4 Å². The van der Waals surface area contributed by atoms with Gasteiger partial charge >= 0.3 is 0 Å². The van der Waals surface area contributed by atoms with E-state index in [4.69, 9.17) is 4.74 Å². The molecule has 1 amide bonds. The number of ether oxygens (including phenoxy) is 1. The molecule has 1 heterocycles. The van der Waals surface area contributed by atoms with Crippen LogP contribution in [0.1, 0.15) is 31.9 Å².